The molecule has 0 fully saturated rings. The number of hydrogen-bond donors (Lipinski definition) is 2. The second-order valence-electron chi connectivity index (χ2n) is 6.33. The zero-order valence-electron chi connectivity index (χ0n) is 15.4. The lowest BCUT2D eigenvalue weighted by atomic mass is 10.1. The first-order chi connectivity index (χ1) is 13.7. The summed E-state index contributed by atoms with van der Waals surface area (Å²) >= 11 is 7.51. The Morgan fingerprint density at radius 3 is 2.31 bits per heavy atom. The fourth-order valence-corrected chi connectivity index (χ4v) is 4.64. The number of aryl methyl sites for hydroxylation is 1. The quantitative estimate of drug-likeness (QED) is 0.471. The van der Waals surface area contributed by atoms with E-state index in [9.17, 15) is 18.3 Å². The lowest BCUT2D eigenvalue weighted by Crippen LogP contribution is -2.14. The largest absolute Gasteiger partial charge is 0.478 e. The molecule has 0 spiro atoms. The molecule has 0 heterocycles. The first kappa shape index (κ1) is 21.2. The number of sulfonamides is 1. The molecule has 0 aliphatic rings. The first-order valence-corrected chi connectivity index (χ1v) is 11.4. The van der Waals surface area contributed by atoms with Crippen molar-refractivity contribution in [2.75, 3.05) is 4.72 Å². The molecule has 0 aliphatic carbocycles. The van der Waals surface area contributed by atoms with Crippen molar-refractivity contribution in [2.24, 2.45) is 0 Å². The van der Waals surface area contributed by atoms with Gasteiger partial charge in [0.05, 0.1) is 10.5 Å². The highest BCUT2D eigenvalue weighted by molar-refractivity contribution is 7.98. The van der Waals surface area contributed by atoms with Crippen LogP contribution in [0.4, 0.5) is 5.69 Å². The number of rotatable bonds is 7. The summed E-state index contributed by atoms with van der Waals surface area (Å²) in [6.45, 7) is 1.62. The lowest BCUT2D eigenvalue weighted by Gasteiger charge is -2.10. The summed E-state index contributed by atoms with van der Waals surface area (Å²) in [4.78, 5) is 12.1. The Labute approximate surface area is 178 Å². The first-order valence-electron chi connectivity index (χ1n) is 8.59. The molecule has 8 heteroatoms. The molecule has 0 radical (unpaired) electrons. The lowest BCUT2D eigenvalue weighted by molar-refractivity contribution is 0.0696. The van der Waals surface area contributed by atoms with E-state index in [1.54, 1.807) is 30.8 Å². The van der Waals surface area contributed by atoms with Crippen LogP contribution in [-0.2, 0) is 15.8 Å². The van der Waals surface area contributed by atoms with Gasteiger partial charge in [0.1, 0.15) is 0 Å². The Bertz CT molecular complexity index is 1130. The maximum absolute atomic E-state index is 12.6. The molecule has 0 aromatic heterocycles. The van der Waals surface area contributed by atoms with E-state index in [1.165, 1.54) is 12.1 Å². The monoisotopic (exact) mass is 447 g/mol. The van der Waals surface area contributed by atoms with Crippen molar-refractivity contribution in [2.45, 2.75) is 22.5 Å². The zero-order chi connectivity index (χ0) is 21.0. The fourth-order valence-electron chi connectivity index (χ4n) is 2.58. The molecule has 0 saturated carbocycles. The Morgan fingerprint density at radius 2 is 1.69 bits per heavy atom. The minimum atomic E-state index is -3.89. The average Bonchev–Trinajstić information content (AvgIpc) is 2.68. The van der Waals surface area contributed by atoms with E-state index >= 15 is 0 Å². The molecule has 0 bridgehead atoms. The number of anilines is 1. The highest BCUT2D eigenvalue weighted by Gasteiger charge is 2.18. The molecule has 0 amide bonds. The minimum absolute atomic E-state index is 0.0400. The number of nitrogens with one attached hydrogen (secondary N) is 1. The van der Waals surface area contributed by atoms with Gasteiger partial charge in [-0.25, -0.2) is 13.2 Å². The van der Waals surface area contributed by atoms with Gasteiger partial charge in [-0.15, -0.1) is 11.8 Å². The molecule has 150 valence electrons. The van der Waals surface area contributed by atoms with Crippen LogP contribution in [0.5, 0.6) is 0 Å². The van der Waals surface area contributed by atoms with Gasteiger partial charge in [0.25, 0.3) is 10.0 Å². The predicted molar refractivity (Wildman–Crippen MR) is 116 cm³/mol. The van der Waals surface area contributed by atoms with Crippen LogP contribution in [0.25, 0.3) is 0 Å². The van der Waals surface area contributed by atoms with Crippen LogP contribution in [0.15, 0.2) is 76.5 Å². The number of halogens is 1. The van der Waals surface area contributed by atoms with Gasteiger partial charge in [-0.3, -0.25) is 4.72 Å². The normalized spacial score (nSPS) is 11.2. The molecule has 0 aliphatic heterocycles. The molecule has 29 heavy (non-hydrogen) atoms. The maximum atomic E-state index is 12.6. The summed E-state index contributed by atoms with van der Waals surface area (Å²) in [5.41, 5.74) is 2.00. The molecular formula is C21H18ClNO4S2. The van der Waals surface area contributed by atoms with Crippen molar-refractivity contribution in [3.05, 3.63) is 88.4 Å². The van der Waals surface area contributed by atoms with E-state index < -0.39 is 16.0 Å². The minimum Gasteiger partial charge on any atom is -0.478 e. The molecule has 5 nitrogen and oxygen atoms in total. The van der Waals surface area contributed by atoms with Crippen LogP contribution in [0.1, 0.15) is 21.5 Å². The van der Waals surface area contributed by atoms with Crippen LogP contribution < -0.4 is 4.72 Å². The van der Waals surface area contributed by atoms with Gasteiger partial charge in [-0.2, -0.15) is 0 Å². The summed E-state index contributed by atoms with van der Waals surface area (Å²) in [5.74, 6) is -0.398. The summed E-state index contributed by atoms with van der Waals surface area (Å²) in [6.07, 6.45) is 0. The number of thioether (sulfide) groups is 1. The van der Waals surface area contributed by atoms with Crippen molar-refractivity contribution >= 4 is 45.0 Å². The Morgan fingerprint density at radius 1 is 1.03 bits per heavy atom. The second-order valence-corrected chi connectivity index (χ2v) is 9.49. The van der Waals surface area contributed by atoms with Gasteiger partial charge in [0.2, 0.25) is 0 Å². The third kappa shape index (κ3) is 5.53. The van der Waals surface area contributed by atoms with E-state index in [1.807, 2.05) is 36.4 Å². The summed E-state index contributed by atoms with van der Waals surface area (Å²) in [6, 6.07) is 18.7. The third-order valence-electron chi connectivity index (χ3n) is 4.18. The zero-order valence-corrected chi connectivity index (χ0v) is 17.8. The van der Waals surface area contributed by atoms with Crippen LogP contribution in [0, 0.1) is 6.92 Å². The van der Waals surface area contributed by atoms with Crippen molar-refractivity contribution in [1.29, 1.82) is 0 Å². The fraction of sp³-hybridized carbons (Fsp3) is 0.0952. The number of benzene rings is 3. The van der Waals surface area contributed by atoms with Gasteiger partial charge in [-0.05, 0) is 66.6 Å². The van der Waals surface area contributed by atoms with Crippen LogP contribution in [0.2, 0.25) is 5.02 Å². The Kier molecular flexibility index (Phi) is 6.52. The van der Waals surface area contributed by atoms with Crippen LogP contribution in [-0.4, -0.2) is 19.5 Å². The summed E-state index contributed by atoms with van der Waals surface area (Å²) in [5, 5.41) is 9.89. The number of carbonyl (C=O) groups is 1. The van der Waals surface area contributed by atoms with E-state index in [-0.39, 0.29) is 10.5 Å². The highest BCUT2D eigenvalue weighted by Crippen LogP contribution is 2.26. The molecule has 3 aromatic rings. The highest BCUT2D eigenvalue weighted by atomic mass is 35.5. The molecule has 3 aromatic carbocycles. The number of aromatic carboxylic acids is 1. The van der Waals surface area contributed by atoms with Crippen LogP contribution in [0.3, 0.4) is 0 Å². The molecule has 0 atom stereocenters. The summed E-state index contributed by atoms with van der Waals surface area (Å²) < 4.78 is 27.7. The predicted octanol–water partition coefficient (Wildman–Crippen LogP) is 5.44. The molecule has 3 rings (SSSR count). The molecule has 0 unspecified atom stereocenters. The number of carboxylic acid groups (broad SMARTS) is 1. The van der Waals surface area contributed by atoms with Crippen molar-refractivity contribution in [3.8, 4) is 0 Å². The van der Waals surface area contributed by atoms with Crippen LogP contribution >= 0.6 is 23.4 Å². The van der Waals surface area contributed by atoms with Gasteiger partial charge < -0.3 is 5.11 Å². The number of carboxylic acids is 1. The topological polar surface area (TPSA) is 83.5 Å². The van der Waals surface area contributed by atoms with Gasteiger partial charge >= 0.3 is 5.97 Å². The average molecular weight is 448 g/mol. The standard InChI is InChI=1S/C21H18ClNO4S2/c1-14-2-11-19(12-20(14)21(24)25)29(26,27)23-17-7-9-18(10-8-17)28-13-15-3-5-16(22)6-4-15/h2-12,23H,13H2,1H3,(H,24,25). The van der Waals surface area contributed by atoms with Gasteiger partial charge in [-0.1, -0.05) is 29.8 Å². The third-order valence-corrected chi connectivity index (χ3v) is 6.89. The van der Waals surface area contributed by atoms with E-state index in [4.69, 9.17) is 11.6 Å². The molecule has 0 saturated heterocycles. The van der Waals surface area contributed by atoms with Crippen molar-refractivity contribution in [1.82, 2.24) is 0 Å². The van der Waals surface area contributed by atoms with Gasteiger partial charge in [0, 0.05) is 21.4 Å². The maximum Gasteiger partial charge on any atom is 0.335 e. The van der Waals surface area contributed by atoms with Crippen molar-refractivity contribution in [3.63, 3.8) is 0 Å². The van der Waals surface area contributed by atoms with Crippen molar-refractivity contribution < 1.29 is 18.3 Å². The van der Waals surface area contributed by atoms with E-state index in [0.29, 0.717) is 16.3 Å². The second kappa shape index (κ2) is 8.90. The van der Waals surface area contributed by atoms with E-state index in [0.717, 1.165) is 22.3 Å². The number of hydrogen-bond acceptors (Lipinski definition) is 4. The smallest absolute Gasteiger partial charge is 0.335 e. The van der Waals surface area contributed by atoms with E-state index in [2.05, 4.69) is 4.72 Å². The summed E-state index contributed by atoms with van der Waals surface area (Å²) in [7, 11) is -3.89. The molecular weight excluding hydrogens is 430 g/mol. The van der Waals surface area contributed by atoms with Gasteiger partial charge in [0.15, 0.2) is 0 Å². The Balaban J connectivity index is 1.69. The molecule has 2 N–H and O–H groups in total. The SMILES string of the molecule is Cc1ccc(S(=O)(=O)Nc2ccc(SCc3ccc(Cl)cc3)cc2)cc1C(=O)O. The Hall–Kier alpha value is -2.48.